The maximum atomic E-state index is 5.16. The quantitative estimate of drug-likeness (QED) is 0.572. The van der Waals surface area contributed by atoms with E-state index in [0.717, 1.165) is 25.9 Å². The summed E-state index contributed by atoms with van der Waals surface area (Å²) in [6.45, 7) is 5.81. The molecule has 2 nitrogen and oxygen atoms in total. The van der Waals surface area contributed by atoms with Crippen molar-refractivity contribution in [2.45, 2.75) is 12.8 Å². The van der Waals surface area contributed by atoms with Crippen LogP contribution in [0.15, 0.2) is 0 Å². The fraction of sp³-hybridized carbons (Fsp3) is 0.778. The second-order valence-electron chi connectivity index (χ2n) is 2.90. The largest absolute Gasteiger partial charge is 0.314 e. The molecule has 0 bridgehead atoms. The van der Waals surface area contributed by atoms with Crippen molar-refractivity contribution in [3.8, 4) is 12.3 Å². The van der Waals surface area contributed by atoms with E-state index in [1.807, 2.05) is 0 Å². The normalized spacial score (nSPS) is 16.5. The van der Waals surface area contributed by atoms with Gasteiger partial charge in [-0.25, -0.2) is 0 Å². The highest BCUT2D eigenvalue weighted by atomic mass is 35.5. The number of rotatable bonds is 3. The Kier molecular flexibility index (Phi) is 12.1. The predicted octanol–water partition coefficient (Wildman–Crippen LogP) is 1.15. The molecule has 0 atom stereocenters. The molecule has 1 fully saturated rings. The summed E-state index contributed by atoms with van der Waals surface area (Å²) in [5.74, 6) is 2.66. The average Bonchev–Trinajstić information content (AvgIpc) is 2.07. The van der Waals surface area contributed by atoms with Crippen molar-refractivity contribution in [2.24, 2.45) is 0 Å². The summed E-state index contributed by atoms with van der Waals surface area (Å²) in [4.78, 5) is 2.47. The zero-order chi connectivity index (χ0) is 7.94. The van der Waals surface area contributed by atoms with Crippen LogP contribution in [-0.4, -0.2) is 37.6 Å². The van der Waals surface area contributed by atoms with Gasteiger partial charge in [0.25, 0.3) is 0 Å². The Balaban J connectivity index is 0. The number of nitrogens with zero attached hydrogens (tertiary/aromatic N) is 1. The molecular weight excluding hydrogens is 207 g/mol. The Labute approximate surface area is 93.3 Å². The van der Waals surface area contributed by atoms with E-state index >= 15 is 0 Å². The van der Waals surface area contributed by atoms with Gasteiger partial charge < -0.3 is 10.2 Å². The van der Waals surface area contributed by atoms with E-state index in [1.165, 1.54) is 19.6 Å². The third-order valence-corrected chi connectivity index (χ3v) is 2.01. The highest BCUT2D eigenvalue weighted by molar-refractivity contribution is 5.85. The van der Waals surface area contributed by atoms with E-state index in [-0.39, 0.29) is 24.8 Å². The van der Waals surface area contributed by atoms with E-state index < -0.39 is 0 Å². The number of hydrogen-bond donors (Lipinski definition) is 1. The lowest BCUT2D eigenvalue weighted by molar-refractivity contribution is 0.239. The highest BCUT2D eigenvalue weighted by Gasteiger charge is 2.07. The third-order valence-electron chi connectivity index (χ3n) is 2.01. The summed E-state index contributed by atoms with van der Waals surface area (Å²) in [5, 5.41) is 3.32. The fourth-order valence-corrected chi connectivity index (χ4v) is 1.34. The highest BCUT2D eigenvalue weighted by Crippen LogP contribution is 1.95. The Bertz CT molecular complexity index is 139. The molecule has 1 rings (SSSR count). The van der Waals surface area contributed by atoms with Gasteiger partial charge in [0.1, 0.15) is 0 Å². The number of halogens is 2. The van der Waals surface area contributed by atoms with Crippen LogP contribution in [0.5, 0.6) is 0 Å². The van der Waals surface area contributed by atoms with Gasteiger partial charge in [-0.1, -0.05) is 0 Å². The molecule has 0 aromatic heterocycles. The number of hydrogen-bond acceptors (Lipinski definition) is 2. The summed E-state index contributed by atoms with van der Waals surface area (Å²) in [5.41, 5.74) is 0. The predicted molar refractivity (Wildman–Crippen MR) is 61.9 cm³/mol. The van der Waals surface area contributed by atoms with Crippen molar-refractivity contribution in [2.75, 3.05) is 32.7 Å². The maximum Gasteiger partial charge on any atom is 0.0107 e. The van der Waals surface area contributed by atoms with E-state index in [9.17, 15) is 0 Å². The van der Waals surface area contributed by atoms with E-state index in [4.69, 9.17) is 6.42 Å². The molecule has 1 heterocycles. The molecule has 0 amide bonds. The third kappa shape index (κ3) is 7.16. The molecule has 0 spiro atoms. The van der Waals surface area contributed by atoms with Gasteiger partial charge in [0.15, 0.2) is 0 Å². The lowest BCUT2D eigenvalue weighted by Crippen LogP contribution is -2.43. The molecule has 0 saturated carbocycles. The van der Waals surface area contributed by atoms with E-state index in [2.05, 4.69) is 16.1 Å². The summed E-state index contributed by atoms with van der Waals surface area (Å²) < 4.78 is 0. The number of terminal acetylenes is 1. The molecular formula is C9H18Cl2N2. The van der Waals surface area contributed by atoms with Crippen LogP contribution in [0.3, 0.4) is 0 Å². The smallest absolute Gasteiger partial charge is 0.0107 e. The first-order valence-electron chi connectivity index (χ1n) is 4.30. The van der Waals surface area contributed by atoms with Gasteiger partial charge in [0.05, 0.1) is 0 Å². The molecule has 0 aromatic carbocycles. The van der Waals surface area contributed by atoms with Crippen molar-refractivity contribution >= 4 is 24.8 Å². The van der Waals surface area contributed by atoms with Crippen molar-refractivity contribution in [1.82, 2.24) is 10.2 Å². The minimum Gasteiger partial charge on any atom is -0.314 e. The average molecular weight is 225 g/mol. The number of piperazine rings is 1. The zero-order valence-electron chi connectivity index (χ0n) is 7.79. The molecule has 0 radical (unpaired) electrons. The monoisotopic (exact) mass is 224 g/mol. The van der Waals surface area contributed by atoms with Gasteiger partial charge in [0, 0.05) is 32.6 Å². The van der Waals surface area contributed by atoms with Crippen LogP contribution >= 0.6 is 24.8 Å². The summed E-state index contributed by atoms with van der Waals surface area (Å²) in [6, 6.07) is 0. The van der Waals surface area contributed by atoms with Gasteiger partial charge in [-0.05, 0) is 13.0 Å². The molecule has 1 saturated heterocycles. The molecule has 1 aliphatic heterocycles. The SMILES string of the molecule is C#CCCCN1CCNCC1.Cl.Cl. The Morgan fingerprint density at radius 3 is 2.38 bits per heavy atom. The van der Waals surface area contributed by atoms with Crippen LogP contribution < -0.4 is 5.32 Å². The van der Waals surface area contributed by atoms with E-state index in [0.29, 0.717) is 0 Å². The first-order chi connectivity index (χ1) is 5.43. The second-order valence-corrected chi connectivity index (χ2v) is 2.90. The van der Waals surface area contributed by atoms with Gasteiger partial charge in [-0.2, -0.15) is 0 Å². The number of nitrogens with one attached hydrogen (secondary N) is 1. The lowest BCUT2D eigenvalue weighted by atomic mass is 10.3. The van der Waals surface area contributed by atoms with Crippen molar-refractivity contribution in [1.29, 1.82) is 0 Å². The van der Waals surface area contributed by atoms with Crippen molar-refractivity contribution < 1.29 is 0 Å². The first-order valence-corrected chi connectivity index (χ1v) is 4.30. The molecule has 1 aliphatic rings. The fourth-order valence-electron chi connectivity index (χ4n) is 1.34. The Morgan fingerprint density at radius 1 is 1.23 bits per heavy atom. The van der Waals surface area contributed by atoms with Gasteiger partial charge in [0.2, 0.25) is 0 Å². The van der Waals surface area contributed by atoms with Crippen LogP contribution in [0.2, 0.25) is 0 Å². The van der Waals surface area contributed by atoms with Crippen molar-refractivity contribution in [3.05, 3.63) is 0 Å². The van der Waals surface area contributed by atoms with Crippen molar-refractivity contribution in [3.63, 3.8) is 0 Å². The van der Waals surface area contributed by atoms with E-state index in [1.54, 1.807) is 0 Å². The molecule has 78 valence electrons. The van der Waals surface area contributed by atoms with Gasteiger partial charge in [-0.3, -0.25) is 0 Å². The van der Waals surface area contributed by atoms with Crippen LogP contribution in [0, 0.1) is 12.3 Å². The maximum absolute atomic E-state index is 5.16. The zero-order valence-corrected chi connectivity index (χ0v) is 9.42. The molecule has 0 aromatic rings. The second kappa shape index (κ2) is 10.1. The van der Waals surface area contributed by atoms with Crippen LogP contribution in [0.1, 0.15) is 12.8 Å². The summed E-state index contributed by atoms with van der Waals surface area (Å²) in [7, 11) is 0. The van der Waals surface area contributed by atoms with Crippen LogP contribution in [0.25, 0.3) is 0 Å². The summed E-state index contributed by atoms with van der Waals surface area (Å²) in [6.07, 6.45) is 7.23. The molecule has 13 heavy (non-hydrogen) atoms. The first kappa shape index (κ1) is 15.5. The lowest BCUT2D eigenvalue weighted by Gasteiger charge is -2.26. The molecule has 0 unspecified atom stereocenters. The van der Waals surface area contributed by atoms with Gasteiger partial charge >= 0.3 is 0 Å². The molecule has 1 N–H and O–H groups in total. The number of unbranched alkanes of at least 4 members (excludes halogenated alkanes) is 1. The molecule has 0 aliphatic carbocycles. The topological polar surface area (TPSA) is 15.3 Å². The van der Waals surface area contributed by atoms with Crippen LogP contribution in [0.4, 0.5) is 0 Å². The Morgan fingerprint density at radius 2 is 1.85 bits per heavy atom. The summed E-state index contributed by atoms with van der Waals surface area (Å²) >= 11 is 0. The minimum absolute atomic E-state index is 0. The standard InChI is InChI=1S/C9H16N2.2ClH/c1-2-3-4-7-11-8-5-10-6-9-11;;/h1,10H,3-9H2;2*1H. The minimum atomic E-state index is 0. The molecule has 4 heteroatoms. The Hall–Kier alpha value is 0.0600. The van der Waals surface area contributed by atoms with Gasteiger partial charge in [-0.15, -0.1) is 37.2 Å². The van der Waals surface area contributed by atoms with Crippen LogP contribution in [-0.2, 0) is 0 Å².